The maximum Gasteiger partial charge on any atom is 0.574 e. The normalized spacial score (nSPS) is 11.1. The van der Waals surface area contributed by atoms with Crippen LogP contribution in [-0.2, 0) is 0 Å². The van der Waals surface area contributed by atoms with Crippen LogP contribution in [0.4, 0.5) is 13.2 Å². The number of rotatable bonds is 3. The van der Waals surface area contributed by atoms with Gasteiger partial charge in [-0.3, -0.25) is 9.78 Å². The highest BCUT2D eigenvalue weighted by Crippen LogP contribution is 2.23. The van der Waals surface area contributed by atoms with Gasteiger partial charge in [-0.1, -0.05) is 0 Å². The summed E-state index contributed by atoms with van der Waals surface area (Å²) < 4.78 is 43.5. The summed E-state index contributed by atoms with van der Waals surface area (Å²) in [6.07, 6.45) is -5.03. The zero-order valence-corrected chi connectivity index (χ0v) is 8.29. The Balaban J connectivity index is 3.30. The van der Waals surface area contributed by atoms with Crippen LogP contribution < -0.4 is 15.0 Å². The highest BCUT2D eigenvalue weighted by atomic mass is 19.4. The summed E-state index contributed by atoms with van der Waals surface area (Å²) in [6, 6.07) is 0.510. The van der Waals surface area contributed by atoms with Gasteiger partial charge >= 0.3 is 12.3 Å². The second-order valence-corrected chi connectivity index (χ2v) is 2.76. The number of carboxylic acids is 1. The number of nitrogens with one attached hydrogen (secondary N) is 1. The first-order valence-electron chi connectivity index (χ1n) is 4.05. The van der Waals surface area contributed by atoms with Gasteiger partial charge in [0.15, 0.2) is 5.75 Å². The minimum absolute atomic E-state index is 0.510. The van der Waals surface area contributed by atoms with Crippen molar-refractivity contribution in [3.05, 3.63) is 22.0 Å². The van der Waals surface area contributed by atoms with E-state index in [9.17, 15) is 22.8 Å². The van der Waals surface area contributed by atoms with Crippen LogP contribution in [0.1, 0.15) is 10.4 Å². The molecule has 0 amide bonds. The van der Waals surface area contributed by atoms with Crippen molar-refractivity contribution in [2.75, 3.05) is 7.11 Å². The fourth-order valence-electron chi connectivity index (χ4n) is 1.06. The van der Waals surface area contributed by atoms with E-state index in [4.69, 9.17) is 5.11 Å². The predicted molar refractivity (Wildman–Crippen MR) is 47.3 cm³/mol. The largest absolute Gasteiger partial charge is 0.574 e. The zero-order chi connectivity index (χ0) is 13.2. The van der Waals surface area contributed by atoms with Gasteiger partial charge in [-0.25, -0.2) is 4.79 Å². The lowest BCUT2D eigenvalue weighted by Crippen LogP contribution is -2.22. The predicted octanol–water partition coefficient (Wildman–Crippen LogP) is 0.980. The van der Waals surface area contributed by atoms with Crippen molar-refractivity contribution in [2.45, 2.75) is 6.36 Å². The number of carbonyl (C=O) groups is 1. The molecule has 0 saturated carbocycles. The average molecular weight is 253 g/mol. The highest BCUT2D eigenvalue weighted by Gasteiger charge is 2.32. The Morgan fingerprint density at radius 2 is 2.06 bits per heavy atom. The van der Waals surface area contributed by atoms with Crippen LogP contribution in [0.5, 0.6) is 11.6 Å². The summed E-state index contributed by atoms with van der Waals surface area (Å²) >= 11 is 0. The second-order valence-electron chi connectivity index (χ2n) is 2.76. The smallest absolute Gasteiger partial charge is 0.490 e. The van der Waals surface area contributed by atoms with Crippen LogP contribution in [0, 0.1) is 0 Å². The van der Waals surface area contributed by atoms with Crippen LogP contribution in [0.15, 0.2) is 10.9 Å². The molecular weight excluding hydrogens is 247 g/mol. The first kappa shape index (κ1) is 12.9. The minimum Gasteiger partial charge on any atom is -0.490 e. The fraction of sp³-hybridized carbons (Fsp3) is 0.250. The average Bonchev–Trinajstić information content (AvgIpc) is 2.13. The van der Waals surface area contributed by atoms with E-state index in [1.54, 1.807) is 4.98 Å². The van der Waals surface area contributed by atoms with Crippen molar-refractivity contribution >= 4 is 5.97 Å². The molecule has 0 aliphatic heterocycles. The number of alkyl halides is 3. The molecule has 0 spiro atoms. The van der Waals surface area contributed by atoms with Gasteiger partial charge in [0.1, 0.15) is 5.56 Å². The molecule has 94 valence electrons. The number of pyridine rings is 1. The van der Waals surface area contributed by atoms with Crippen LogP contribution in [0.25, 0.3) is 0 Å². The Morgan fingerprint density at radius 3 is 2.47 bits per heavy atom. The summed E-state index contributed by atoms with van der Waals surface area (Å²) in [5.74, 6) is -3.24. The number of carboxylic acid groups (broad SMARTS) is 1. The van der Waals surface area contributed by atoms with Crippen molar-refractivity contribution in [3.8, 4) is 11.6 Å². The zero-order valence-electron chi connectivity index (χ0n) is 8.29. The minimum atomic E-state index is -5.03. The van der Waals surface area contributed by atoms with Crippen molar-refractivity contribution in [1.29, 1.82) is 0 Å². The quantitative estimate of drug-likeness (QED) is 0.838. The van der Waals surface area contributed by atoms with Gasteiger partial charge in [0.25, 0.3) is 5.56 Å². The Hall–Kier alpha value is -2.19. The van der Waals surface area contributed by atoms with Gasteiger partial charge in [0.2, 0.25) is 5.88 Å². The van der Waals surface area contributed by atoms with E-state index >= 15 is 0 Å². The maximum atomic E-state index is 11.9. The van der Waals surface area contributed by atoms with Crippen molar-refractivity contribution < 1.29 is 32.5 Å². The number of aromatic amines is 1. The molecule has 17 heavy (non-hydrogen) atoms. The Labute approximate surface area is 91.6 Å². The fourth-order valence-corrected chi connectivity index (χ4v) is 1.06. The summed E-state index contributed by atoms with van der Waals surface area (Å²) in [5, 5.41) is 8.67. The van der Waals surface area contributed by atoms with Crippen LogP contribution >= 0.6 is 0 Å². The molecule has 1 heterocycles. The number of H-pyrrole nitrogens is 1. The first-order chi connectivity index (χ1) is 7.74. The van der Waals surface area contributed by atoms with E-state index in [0.29, 0.717) is 6.07 Å². The third-order valence-electron chi connectivity index (χ3n) is 1.62. The summed E-state index contributed by atoms with van der Waals surface area (Å²) in [4.78, 5) is 23.6. The molecule has 0 aromatic carbocycles. The summed E-state index contributed by atoms with van der Waals surface area (Å²) in [7, 11) is 1.02. The molecule has 0 bridgehead atoms. The molecule has 6 nitrogen and oxygen atoms in total. The number of aromatic nitrogens is 1. The SMILES string of the molecule is COc1c(C(=O)O)cc(OC(F)(F)F)[nH]c1=O. The van der Waals surface area contributed by atoms with Gasteiger partial charge in [0, 0.05) is 6.07 Å². The maximum absolute atomic E-state index is 11.9. The molecule has 0 aliphatic rings. The van der Waals surface area contributed by atoms with Gasteiger partial charge in [0.05, 0.1) is 7.11 Å². The second kappa shape index (κ2) is 4.36. The topological polar surface area (TPSA) is 88.6 Å². The Bertz CT molecular complexity index is 493. The molecule has 0 aliphatic carbocycles. The summed E-state index contributed by atoms with van der Waals surface area (Å²) in [5.41, 5.74) is -1.86. The van der Waals surface area contributed by atoms with Crippen LogP contribution in [0.2, 0.25) is 0 Å². The monoisotopic (exact) mass is 253 g/mol. The number of hydrogen-bond donors (Lipinski definition) is 2. The Morgan fingerprint density at radius 1 is 1.47 bits per heavy atom. The molecule has 0 unspecified atom stereocenters. The standard InChI is InChI=1S/C8H6F3NO5/c1-16-5-3(7(14)15)2-4(12-6(5)13)17-8(9,10)11/h2H,1H3,(H,12,13)(H,14,15). The van der Waals surface area contributed by atoms with Crippen LogP contribution in [0.3, 0.4) is 0 Å². The van der Waals surface area contributed by atoms with E-state index in [1.807, 2.05) is 0 Å². The van der Waals surface area contributed by atoms with E-state index < -0.39 is 35.1 Å². The van der Waals surface area contributed by atoms with Gasteiger partial charge < -0.3 is 14.6 Å². The molecule has 1 rings (SSSR count). The van der Waals surface area contributed by atoms with E-state index in [0.717, 1.165) is 7.11 Å². The summed E-state index contributed by atoms with van der Waals surface area (Å²) in [6.45, 7) is 0. The molecule has 0 radical (unpaired) electrons. The van der Waals surface area contributed by atoms with Gasteiger partial charge in [-0.2, -0.15) is 0 Å². The van der Waals surface area contributed by atoms with Gasteiger partial charge in [-0.05, 0) is 0 Å². The third kappa shape index (κ3) is 3.13. The molecule has 9 heteroatoms. The first-order valence-corrected chi connectivity index (χ1v) is 4.05. The third-order valence-corrected chi connectivity index (χ3v) is 1.62. The molecule has 0 atom stereocenters. The van der Waals surface area contributed by atoms with Crippen molar-refractivity contribution in [1.82, 2.24) is 4.98 Å². The van der Waals surface area contributed by atoms with E-state index in [-0.39, 0.29) is 0 Å². The molecule has 1 aromatic rings. The number of halogens is 3. The lowest BCUT2D eigenvalue weighted by molar-refractivity contribution is -0.276. The molecule has 0 fully saturated rings. The molecular formula is C8H6F3NO5. The number of aromatic carboxylic acids is 1. The van der Waals surface area contributed by atoms with Gasteiger partial charge in [-0.15, -0.1) is 13.2 Å². The number of methoxy groups -OCH3 is 1. The van der Waals surface area contributed by atoms with E-state index in [1.165, 1.54) is 0 Å². The lowest BCUT2D eigenvalue weighted by atomic mass is 10.2. The highest BCUT2D eigenvalue weighted by molar-refractivity contribution is 5.91. The molecule has 2 N–H and O–H groups in total. The number of ether oxygens (including phenoxy) is 2. The molecule has 1 aromatic heterocycles. The number of hydrogen-bond acceptors (Lipinski definition) is 4. The van der Waals surface area contributed by atoms with Crippen molar-refractivity contribution in [2.24, 2.45) is 0 Å². The van der Waals surface area contributed by atoms with Crippen LogP contribution in [-0.4, -0.2) is 29.5 Å². The lowest BCUT2D eigenvalue weighted by Gasteiger charge is -2.10. The Kier molecular flexibility index (Phi) is 3.30. The molecule has 0 saturated heterocycles. The van der Waals surface area contributed by atoms with E-state index in [2.05, 4.69) is 9.47 Å². The van der Waals surface area contributed by atoms with Crippen molar-refractivity contribution in [3.63, 3.8) is 0 Å².